The van der Waals surface area contributed by atoms with Crippen molar-refractivity contribution in [2.24, 2.45) is 7.05 Å². The van der Waals surface area contributed by atoms with Crippen molar-refractivity contribution >= 4 is 33.5 Å². The largest absolute Gasteiger partial charge is 0.478 e. The molecule has 194 valence electrons. The minimum atomic E-state index is -4.97. The quantitative estimate of drug-likeness (QED) is 0.272. The second-order valence-electron chi connectivity index (χ2n) is 9.16. The summed E-state index contributed by atoms with van der Waals surface area (Å²) in [5.41, 5.74) is -0.611. The number of nitrogens with one attached hydrogen (secondary N) is 1. The molecule has 0 radical (unpaired) electrons. The van der Waals surface area contributed by atoms with E-state index in [1.165, 1.54) is 24.3 Å². The summed E-state index contributed by atoms with van der Waals surface area (Å²) in [6.07, 6.45) is -3.31. The molecule has 0 fully saturated rings. The molecule has 1 atom stereocenters. The number of nitrogens with zero attached hydrogens (tertiary/aromatic N) is 2. The molecule has 0 aliphatic carbocycles. The van der Waals surface area contributed by atoms with E-state index in [2.05, 4.69) is 10.4 Å². The summed E-state index contributed by atoms with van der Waals surface area (Å²) in [6, 6.07) is 13.2. The first-order valence-electron chi connectivity index (χ1n) is 11.6. The number of carbonyl (C=O) groups is 1. The van der Waals surface area contributed by atoms with E-state index >= 15 is 0 Å². The molecule has 3 aromatic carbocycles. The van der Waals surface area contributed by atoms with Gasteiger partial charge in [0.15, 0.2) is 5.76 Å². The average Bonchev–Trinajstić information content (AvgIpc) is 3.22. The number of aryl methyl sites for hydroxylation is 2. The third kappa shape index (κ3) is 4.38. The molecule has 0 aliphatic rings. The van der Waals surface area contributed by atoms with Crippen LogP contribution in [0.2, 0.25) is 0 Å². The fourth-order valence-corrected chi connectivity index (χ4v) is 4.65. The summed E-state index contributed by atoms with van der Waals surface area (Å²) >= 11 is 0. The molecule has 2 aromatic heterocycles. The van der Waals surface area contributed by atoms with Crippen molar-refractivity contribution in [2.75, 3.05) is 5.32 Å². The van der Waals surface area contributed by atoms with Gasteiger partial charge in [0.1, 0.15) is 11.1 Å². The van der Waals surface area contributed by atoms with Gasteiger partial charge in [-0.15, -0.1) is 0 Å². The number of rotatable bonds is 5. The topological polar surface area (TPSA) is 97.4 Å². The Labute approximate surface area is 214 Å². The summed E-state index contributed by atoms with van der Waals surface area (Å²) in [5.74, 6) is -1.73. The summed E-state index contributed by atoms with van der Waals surface area (Å²) in [4.78, 5) is 25.0. The van der Waals surface area contributed by atoms with E-state index in [1.54, 1.807) is 62.1 Å². The van der Waals surface area contributed by atoms with Crippen molar-refractivity contribution in [3.63, 3.8) is 0 Å². The molecule has 5 aromatic rings. The number of carboxylic acids is 1. The van der Waals surface area contributed by atoms with Gasteiger partial charge in [-0.3, -0.25) is 9.48 Å². The fourth-order valence-electron chi connectivity index (χ4n) is 4.65. The molecule has 0 saturated carbocycles. The lowest BCUT2D eigenvalue weighted by molar-refractivity contribution is -0.138. The zero-order chi connectivity index (χ0) is 27.4. The highest BCUT2D eigenvalue weighted by Gasteiger charge is 2.40. The first kappa shape index (κ1) is 25.1. The Balaban J connectivity index is 1.75. The predicted octanol–water partition coefficient (Wildman–Crippen LogP) is 6.55. The van der Waals surface area contributed by atoms with E-state index in [4.69, 9.17) is 4.42 Å². The molecular formula is C28H22F3N3O4. The van der Waals surface area contributed by atoms with E-state index in [0.29, 0.717) is 27.7 Å². The SMILES string of the molecule is Cc1cc([C@@H](C)Nc2ccccc2C(=O)O)c2oc(-c3ccc4nn(C)cc4c3)c(C(F)(F)F)c(=O)c2c1. The van der Waals surface area contributed by atoms with Crippen LogP contribution in [0.5, 0.6) is 0 Å². The number of para-hydroxylation sites is 1. The number of alkyl halides is 3. The Bertz CT molecular complexity index is 1790. The first-order chi connectivity index (χ1) is 17.9. The van der Waals surface area contributed by atoms with Crippen LogP contribution in [0.3, 0.4) is 0 Å². The number of benzene rings is 3. The van der Waals surface area contributed by atoms with Crippen LogP contribution < -0.4 is 10.7 Å². The number of halogens is 3. The summed E-state index contributed by atoms with van der Waals surface area (Å²) < 4.78 is 50.3. The highest BCUT2D eigenvalue weighted by atomic mass is 19.4. The number of hydrogen-bond donors (Lipinski definition) is 2. The Morgan fingerprint density at radius 2 is 1.87 bits per heavy atom. The van der Waals surface area contributed by atoms with Crippen molar-refractivity contribution in [3.8, 4) is 11.3 Å². The fraction of sp³-hybridized carbons (Fsp3) is 0.179. The van der Waals surface area contributed by atoms with Crippen molar-refractivity contribution in [1.29, 1.82) is 0 Å². The maximum absolute atomic E-state index is 14.3. The second-order valence-corrected chi connectivity index (χ2v) is 9.16. The lowest BCUT2D eigenvalue weighted by atomic mass is 9.97. The number of aromatic nitrogens is 2. The molecular weight excluding hydrogens is 499 g/mol. The van der Waals surface area contributed by atoms with E-state index in [-0.39, 0.29) is 22.1 Å². The zero-order valence-electron chi connectivity index (χ0n) is 20.6. The van der Waals surface area contributed by atoms with Crippen LogP contribution in [0.1, 0.15) is 40.0 Å². The van der Waals surface area contributed by atoms with Gasteiger partial charge in [0.05, 0.1) is 22.5 Å². The lowest BCUT2D eigenvalue weighted by Gasteiger charge is -2.20. The summed E-state index contributed by atoms with van der Waals surface area (Å²) in [5, 5.41) is 17.3. The van der Waals surface area contributed by atoms with Gasteiger partial charge < -0.3 is 14.8 Å². The van der Waals surface area contributed by atoms with Crippen LogP contribution in [0.15, 0.2) is 70.0 Å². The van der Waals surface area contributed by atoms with Crippen LogP contribution in [0, 0.1) is 6.92 Å². The number of fused-ring (bicyclic) bond motifs is 2. The van der Waals surface area contributed by atoms with Gasteiger partial charge in [-0.1, -0.05) is 18.2 Å². The second kappa shape index (κ2) is 9.05. The van der Waals surface area contributed by atoms with Crippen LogP contribution in [-0.2, 0) is 13.2 Å². The van der Waals surface area contributed by atoms with Gasteiger partial charge in [-0.25, -0.2) is 4.79 Å². The van der Waals surface area contributed by atoms with Gasteiger partial charge in [-0.2, -0.15) is 18.3 Å². The van der Waals surface area contributed by atoms with Gasteiger partial charge in [0.25, 0.3) is 0 Å². The molecule has 0 aliphatic heterocycles. The predicted molar refractivity (Wildman–Crippen MR) is 137 cm³/mol. The van der Waals surface area contributed by atoms with E-state index in [1.807, 2.05) is 0 Å². The molecule has 0 amide bonds. The first-order valence-corrected chi connectivity index (χ1v) is 11.6. The molecule has 0 saturated heterocycles. The lowest BCUT2D eigenvalue weighted by Crippen LogP contribution is -2.22. The van der Waals surface area contributed by atoms with E-state index in [9.17, 15) is 27.9 Å². The minimum Gasteiger partial charge on any atom is -0.478 e. The third-order valence-electron chi connectivity index (χ3n) is 6.33. The number of carboxylic acid groups (broad SMARTS) is 1. The minimum absolute atomic E-state index is 0.0114. The molecule has 7 nitrogen and oxygen atoms in total. The average molecular weight is 521 g/mol. The third-order valence-corrected chi connectivity index (χ3v) is 6.33. The Morgan fingerprint density at radius 3 is 2.58 bits per heavy atom. The van der Waals surface area contributed by atoms with Crippen LogP contribution in [-0.4, -0.2) is 20.9 Å². The molecule has 0 spiro atoms. The highest BCUT2D eigenvalue weighted by molar-refractivity contribution is 5.94. The van der Waals surface area contributed by atoms with Gasteiger partial charge in [0, 0.05) is 35.4 Å². The van der Waals surface area contributed by atoms with Crippen LogP contribution in [0.25, 0.3) is 33.2 Å². The zero-order valence-corrected chi connectivity index (χ0v) is 20.6. The normalized spacial score (nSPS) is 12.7. The Morgan fingerprint density at radius 1 is 1.13 bits per heavy atom. The van der Waals surface area contributed by atoms with Gasteiger partial charge >= 0.3 is 12.1 Å². The molecule has 5 rings (SSSR count). The molecule has 2 heterocycles. The molecule has 0 unspecified atom stereocenters. The highest BCUT2D eigenvalue weighted by Crippen LogP contribution is 2.39. The van der Waals surface area contributed by atoms with Crippen molar-refractivity contribution in [1.82, 2.24) is 9.78 Å². The Kier molecular flexibility index (Phi) is 5.97. The van der Waals surface area contributed by atoms with Crippen LogP contribution >= 0.6 is 0 Å². The smallest absolute Gasteiger partial charge is 0.423 e. The summed E-state index contributed by atoms with van der Waals surface area (Å²) in [7, 11) is 1.70. The number of anilines is 1. The van der Waals surface area contributed by atoms with Crippen molar-refractivity contribution in [2.45, 2.75) is 26.1 Å². The van der Waals surface area contributed by atoms with Gasteiger partial charge in [0.2, 0.25) is 5.43 Å². The van der Waals surface area contributed by atoms with Crippen molar-refractivity contribution in [3.05, 3.63) is 93.3 Å². The van der Waals surface area contributed by atoms with E-state index < -0.39 is 34.9 Å². The van der Waals surface area contributed by atoms with Gasteiger partial charge in [-0.05, 0) is 55.8 Å². The maximum Gasteiger partial charge on any atom is 0.423 e. The number of hydrogen-bond acceptors (Lipinski definition) is 5. The number of aromatic carboxylic acids is 1. The molecule has 38 heavy (non-hydrogen) atoms. The van der Waals surface area contributed by atoms with E-state index in [0.717, 1.165) is 0 Å². The maximum atomic E-state index is 14.3. The van der Waals surface area contributed by atoms with Crippen LogP contribution in [0.4, 0.5) is 18.9 Å². The van der Waals surface area contributed by atoms with Crippen molar-refractivity contribution < 1.29 is 27.5 Å². The summed E-state index contributed by atoms with van der Waals surface area (Å²) in [6.45, 7) is 3.38. The standard InChI is InChI=1S/C28H22F3N3O4/c1-14-10-19(15(2)32-22-7-5-4-6-18(22)27(36)37)26-20(11-14)24(35)23(28(29,30)31)25(38-26)16-8-9-21-17(12-16)13-34(3)33-21/h4-13,15,32H,1-3H3,(H,36,37)/t15-/m1/s1. The molecule has 0 bridgehead atoms. The molecule has 10 heteroatoms. The Hall–Kier alpha value is -4.60. The monoisotopic (exact) mass is 521 g/mol. The molecule has 2 N–H and O–H groups in total.